The maximum atomic E-state index is 11.1. The molecule has 0 saturated carbocycles. The Bertz CT molecular complexity index is 190. The lowest BCUT2D eigenvalue weighted by molar-refractivity contribution is -0.154. The van der Waals surface area contributed by atoms with Gasteiger partial charge in [0, 0.05) is 6.92 Å². The van der Waals surface area contributed by atoms with E-state index in [4.69, 9.17) is 4.74 Å². The van der Waals surface area contributed by atoms with Crippen molar-refractivity contribution in [3.63, 3.8) is 0 Å². The van der Waals surface area contributed by atoms with Crippen molar-refractivity contribution in [3.05, 3.63) is 6.61 Å². The summed E-state index contributed by atoms with van der Waals surface area (Å²) in [7, 11) is 0. The zero-order valence-electron chi connectivity index (χ0n) is 8.42. The van der Waals surface area contributed by atoms with E-state index >= 15 is 0 Å². The highest BCUT2D eigenvalue weighted by Crippen LogP contribution is 2.14. The molecule has 0 unspecified atom stereocenters. The van der Waals surface area contributed by atoms with Crippen LogP contribution in [0.25, 0.3) is 0 Å². The summed E-state index contributed by atoms with van der Waals surface area (Å²) in [5.74, 6) is -0.747. The van der Waals surface area contributed by atoms with Crippen molar-refractivity contribution in [1.29, 1.82) is 0 Å². The number of ether oxygens (including phenoxy) is 2. The van der Waals surface area contributed by atoms with E-state index in [1.54, 1.807) is 20.8 Å². The standard InChI is InChI=1S/C9H15O4/c1-7(10)12-5-6-13-8(11)9(2,3)4/h5H,6H2,1-4H3. The minimum atomic E-state index is -0.524. The summed E-state index contributed by atoms with van der Waals surface area (Å²) in [5, 5.41) is 0. The summed E-state index contributed by atoms with van der Waals surface area (Å²) in [5.41, 5.74) is -0.524. The number of hydrogen-bond donors (Lipinski definition) is 0. The molecule has 0 heterocycles. The smallest absolute Gasteiger partial charge is 0.311 e. The van der Waals surface area contributed by atoms with Crippen LogP contribution in [-0.2, 0) is 19.1 Å². The Morgan fingerprint density at radius 2 is 1.85 bits per heavy atom. The van der Waals surface area contributed by atoms with E-state index in [1.807, 2.05) is 0 Å². The second-order valence-electron chi connectivity index (χ2n) is 3.62. The van der Waals surface area contributed by atoms with Gasteiger partial charge in [0.25, 0.3) is 0 Å². The van der Waals surface area contributed by atoms with Crippen molar-refractivity contribution in [2.75, 3.05) is 6.61 Å². The molecule has 0 aliphatic carbocycles. The molecule has 0 atom stereocenters. The lowest BCUT2D eigenvalue weighted by Gasteiger charge is -2.15. The molecule has 0 rings (SSSR count). The van der Waals surface area contributed by atoms with Crippen LogP contribution >= 0.6 is 0 Å². The van der Waals surface area contributed by atoms with Crippen LogP contribution in [0.15, 0.2) is 0 Å². The molecule has 0 amide bonds. The first-order valence-corrected chi connectivity index (χ1v) is 4.00. The van der Waals surface area contributed by atoms with E-state index in [0.29, 0.717) is 0 Å². The van der Waals surface area contributed by atoms with Crippen LogP contribution in [0.3, 0.4) is 0 Å². The first-order chi connectivity index (χ1) is 5.84. The molecule has 0 saturated heterocycles. The minimum Gasteiger partial charge on any atom is -0.461 e. The maximum absolute atomic E-state index is 11.1. The normalized spacial score (nSPS) is 10.8. The highest BCUT2D eigenvalue weighted by molar-refractivity contribution is 5.75. The Labute approximate surface area is 78.2 Å². The summed E-state index contributed by atoms with van der Waals surface area (Å²) >= 11 is 0. The van der Waals surface area contributed by atoms with Gasteiger partial charge in [-0.05, 0) is 20.8 Å². The molecule has 0 aliphatic rings. The van der Waals surface area contributed by atoms with Crippen LogP contribution in [0.1, 0.15) is 27.7 Å². The third-order valence-corrected chi connectivity index (χ3v) is 1.14. The summed E-state index contributed by atoms with van der Waals surface area (Å²) in [6, 6.07) is 0. The van der Waals surface area contributed by atoms with Gasteiger partial charge >= 0.3 is 11.9 Å². The van der Waals surface area contributed by atoms with Gasteiger partial charge in [-0.3, -0.25) is 9.59 Å². The Hall–Kier alpha value is -1.06. The average molecular weight is 187 g/mol. The zero-order chi connectivity index (χ0) is 10.5. The zero-order valence-corrected chi connectivity index (χ0v) is 8.42. The predicted molar refractivity (Wildman–Crippen MR) is 46.5 cm³/mol. The highest BCUT2D eigenvalue weighted by atomic mass is 16.6. The van der Waals surface area contributed by atoms with Gasteiger partial charge in [-0.15, -0.1) is 0 Å². The van der Waals surface area contributed by atoms with Crippen LogP contribution in [0.4, 0.5) is 0 Å². The van der Waals surface area contributed by atoms with Crippen LogP contribution in [0, 0.1) is 12.0 Å². The number of hydrogen-bond acceptors (Lipinski definition) is 4. The minimum absolute atomic E-state index is 0.00428. The van der Waals surface area contributed by atoms with E-state index in [1.165, 1.54) is 6.92 Å². The number of carbonyl (C=O) groups is 2. The molecule has 0 N–H and O–H groups in total. The lowest BCUT2D eigenvalue weighted by atomic mass is 9.97. The summed E-state index contributed by atoms with van der Waals surface area (Å²) in [6.45, 7) is 7.69. The van der Waals surface area contributed by atoms with E-state index in [2.05, 4.69) is 4.74 Å². The molecule has 75 valence electrons. The van der Waals surface area contributed by atoms with Gasteiger partial charge in [0.2, 0.25) is 0 Å². The van der Waals surface area contributed by atoms with Crippen LogP contribution in [0.5, 0.6) is 0 Å². The van der Waals surface area contributed by atoms with E-state index in [-0.39, 0.29) is 12.6 Å². The summed E-state index contributed by atoms with van der Waals surface area (Å²) < 4.78 is 9.25. The molecule has 0 bridgehead atoms. The molecular weight excluding hydrogens is 172 g/mol. The van der Waals surface area contributed by atoms with Gasteiger partial charge in [0.05, 0.1) is 5.41 Å². The number of carbonyl (C=O) groups excluding carboxylic acids is 2. The van der Waals surface area contributed by atoms with Crippen LogP contribution in [0.2, 0.25) is 0 Å². The van der Waals surface area contributed by atoms with Gasteiger partial charge in [0.15, 0.2) is 6.61 Å². The Kier molecular flexibility index (Phi) is 4.45. The Morgan fingerprint density at radius 3 is 2.23 bits per heavy atom. The largest absolute Gasteiger partial charge is 0.461 e. The molecule has 0 aromatic rings. The molecule has 0 aromatic heterocycles. The van der Waals surface area contributed by atoms with Crippen molar-refractivity contribution in [2.45, 2.75) is 27.7 Å². The molecule has 4 heteroatoms. The van der Waals surface area contributed by atoms with E-state index < -0.39 is 11.4 Å². The fourth-order valence-electron chi connectivity index (χ4n) is 0.478. The first-order valence-electron chi connectivity index (χ1n) is 4.00. The second kappa shape index (κ2) is 4.84. The fraction of sp³-hybridized carbons (Fsp3) is 0.667. The fourth-order valence-corrected chi connectivity index (χ4v) is 0.478. The number of rotatable bonds is 3. The van der Waals surface area contributed by atoms with E-state index in [9.17, 15) is 9.59 Å². The third-order valence-electron chi connectivity index (χ3n) is 1.14. The van der Waals surface area contributed by atoms with Gasteiger partial charge in [-0.1, -0.05) is 0 Å². The molecule has 4 nitrogen and oxygen atoms in total. The average Bonchev–Trinajstić information content (AvgIpc) is 1.95. The third kappa shape index (κ3) is 6.13. The van der Waals surface area contributed by atoms with Crippen LogP contribution < -0.4 is 0 Å². The predicted octanol–water partition coefficient (Wildman–Crippen LogP) is 1.30. The number of esters is 2. The topological polar surface area (TPSA) is 52.6 Å². The summed E-state index contributed by atoms with van der Waals surface area (Å²) in [4.78, 5) is 21.4. The molecule has 0 aliphatic heterocycles. The second-order valence-corrected chi connectivity index (χ2v) is 3.62. The summed E-state index contributed by atoms with van der Waals surface area (Å²) in [6.07, 6.45) is 0. The monoisotopic (exact) mass is 187 g/mol. The molecule has 0 fully saturated rings. The van der Waals surface area contributed by atoms with Gasteiger partial charge in [-0.25, -0.2) is 0 Å². The Balaban J connectivity index is 3.55. The molecule has 1 radical (unpaired) electrons. The van der Waals surface area contributed by atoms with Crippen molar-refractivity contribution < 1.29 is 19.1 Å². The molecular formula is C9H15O4. The quantitative estimate of drug-likeness (QED) is 0.493. The van der Waals surface area contributed by atoms with Crippen molar-refractivity contribution in [1.82, 2.24) is 0 Å². The molecule has 13 heavy (non-hydrogen) atoms. The first kappa shape index (κ1) is 11.9. The van der Waals surface area contributed by atoms with Gasteiger partial charge in [0.1, 0.15) is 6.61 Å². The van der Waals surface area contributed by atoms with Crippen LogP contribution in [-0.4, -0.2) is 18.5 Å². The maximum Gasteiger partial charge on any atom is 0.311 e. The Morgan fingerprint density at radius 1 is 1.31 bits per heavy atom. The van der Waals surface area contributed by atoms with Crippen molar-refractivity contribution >= 4 is 11.9 Å². The molecule has 0 spiro atoms. The van der Waals surface area contributed by atoms with Gasteiger partial charge < -0.3 is 9.47 Å². The molecule has 0 aromatic carbocycles. The highest BCUT2D eigenvalue weighted by Gasteiger charge is 2.22. The van der Waals surface area contributed by atoms with E-state index in [0.717, 1.165) is 6.61 Å². The van der Waals surface area contributed by atoms with Crippen molar-refractivity contribution in [2.24, 2.45) is 5.41 Å². The SMILES string of the molecule is CC(=O)O[CH]COC(=O)C(C)(C)C. The van der Waals surface area contributed by atoms with Crippen molar-refractivity contribution in [3.8, 4) is 0 Å². The lowest BCUT2D eigenvalue weighted by Crippen LogP contribution is -2.23. The van der Waals surface area contributed by atoms with Gasteiger partial charge in [-0.2, -0.15) is 0 Å².